The first kappa shape index (κ1) is 50.7. The molecule has 0 N–H and O–H groups in total. The number of rotatable bonds is 13. The van der Waals surface area contributed by atoms with Crippen LogP contribution in [0.15, 0.2) is 144 Å². The van der Waals surface area contributed by atoms with E-state index in [4.69, 9.17) is 9.47 Å². The Labute approximate surface area is 456 Å². The summed E-state index contributed by atoms with van der Waals surface area (Å²) < 4.78 is 17.6. The minimum absolute atomic E-state index is 0.446. The number of benzene rings is 6. The summed E-state index contributed by atoms with van der Waals surface area (Å²) in [5, 5.41) is 0. The van der Waals surface area contributed by atoms with Gasteiger partial charge in [0, 0.05) is 18.7 Å². The van der Waals surface area contributed by atoms with Gasteiger partial charge in [0.05, 0.1) is 26.2 Å². The van der Waals surface area contributed by atoms with Crippen LogP contribution in [-0.4, -0.2) is 13.2 Å². The molecule has 2 aliphatic carbocycles. The van der Waals surface area contributed by atoms with Crippen LogP contribution in [0.3, 0.4) is 0 Å². The monoisotopic (exact) mass is 1210 g/mol. The lowest BCUT2D eigenvalue weighted by Crippen LogP contribution is -2.26. The minimum atomic E-state index is -0.446. The summed E-state index contributed by atoms with van der Waals surface area (Å²) in [5.41, 5.74) is 18.6. The Hall–Kier alpha value is -4.28. The highest BCUT2D eigenvalue weighted by Crippen LogP contribution is 2.64. The van der Waals surface area contributed by atoms with E-state index in [1.54, 1.807) is 22.7 Å². The van der Waals surface area contributed by atoms with Crippen molar-refractivity contribution in [1.29, 1.82) is 0 Å². The van der Waals surface area contributed by atoms with Gasteiger partial charge in [0.1, 0.15) is 0 Å². The number of fused-ring (bicyclic) bond motifs is 10. The van der Waals surface area contributed by atoms with Gasteiger partial charge >= 0.3 is 0 Å². The Kier molecular flexibility index (Phi) is 15.8. The molecule has 0 radical (unpaired) electrons. The number of ether oxygens (including phenoxy) is 2. The van der Waals surface area contributed by atoms with Crippen molar-refractivity contribution in [2.45, 2.75) is 66.7 Å². The number of halogens is 4. The molecule has 6 aromatic carbocycles. The highest BCUT2D eigenvalue weighted by Gasteiger charge is 2.52. The standard InChI is InChI=1S/C36H36Br2O2.C26H20Br2S2/c1-6-21(3)19-39-34-17-29-28-11-8-23(5)14-30(28)36(33(29)18-35(34)40-20-22(4)7-2)31-15-24(37)9-12-26(31)27-13-10-25(38)16-32(27)36;1-17-3-4-18(2)23(15-17)24-16-19(6-9-21-11-13-25(27)29-21)5-7-20(24)8-10-22-12-14-26(28)30-22/h8-18,21-22H,6-7,19-20H2,1-5H3;3-16H,1-2H3/b;9-6+,10-8+. The molecule has 0 fully saturated rings. The van der Waals surface area contributed by atoms with Gasteiger partial charge in [-0.25, -0.2) is 0 Å². The van der Waals surface area contributed by atoms with Crippen molar-refractivity contribution in [2.75, 3.05) is 13.2 Å². The Morgan fingerprint density at radius 2 is 0.986 bits per heavy atom. The van der Waals surface area contributed by atoms with E-state index in [-0.39, 0.29) is 0 Å². The fourth-order valence-electron chi connectivity index (χ4n) is 9.48. The fourth-order valence-corrected chi connectivity index (χ4v) is 12.9. The quantitative estimate of drug-likeness (QED) is 0.115. The third-order valence-corrected chi connectivity index (χ3v) is 17.8. The molecule has 70 heavy (non-hydrogen) atoms. The Morgan fingerprint density at radius 3 is 1.57 bits per heavy atom. The topological polar surface area (TPSA) is 18.5 Å². The Morgan fingerprint density at radius 1 is 0.471 bits per heavy atom. The number of hydrogen-bond donors (Lipinski definition) is 0. The normalized spacial score (nSPS) is 13.8. The average molecular weight is 1220 g/mol. The second kappa shape index (κ2) is 21.8. The van der Waals surface area contributed by atoms with Gasteiger partial charge in [-0.1, -0.05) is 156 Å². The lowest BCUT2D eigenvalue weighted by Gasteiger charge is -2.31. The molecule has 1 spiro atoms. The summed E-state index contributed by atoms with van der Waals surface area (Å²) in [7, 11) is 0. The van der Waals surface area contributed by atoms with E-state index in [0.717, 1.165) is 40.9 Å². The molecule has 0 bridgehead atoms. The van der Waals surface area contributed by atoms with Gasteiger partial charge in [0.25, 0.3) is 0 Å². The van der Waals surface area contributed by atoms with E-state index in [9.17, 15) is 0 Å². The minimum Gasteiger partial charge on any atom is -0.489 e. The summed E-state index contributed by atoms with van der Waals surface area (Å²) in [5.74, 6) is 2.61. The van der Waals surface area contributed by atoms with Crippen molar-refractivity contribution in [1.82, 2.24) is 0 Å². The van der Waals surface area contributed by atoms with Crippen LogP contribution in [0.5, 0.6) is 11.5 Å². The molecule has 8 aromatic rings. The van der Waals surface area contributed by atoms with E-state index in [2.05, 4.69) is 264 Å². The molecule has 2 aromatic heterocycles. The number of hydrogen-bond acceptors (Lipinski definition) is 4. The smallest absolute Gasteiger partial charge is 0.161 e. The van der Waals surface area contributed by atoms with Crippen molar-refractivity contribution in [3.05, 3.63) is 204 Å². The Bertz CT molecular complexity index is 3230. The van der Waals surface area contributed by atoms with Crippen LogP contribution in [-0.2, 0) is 5.41 Å². The van der Waals surface area contributed by atoms with Crippen molar-refractivity contribution in [2.24, 2.45) is 11.8 Å². The molecule has 0 saturated carbocycles. The zero-order valence-electron chi connectivity index (χ0n) is 40.6. The first-order chi connectivity index (χ1) is 33.7. The second-order valence-corrected chi connectivity index (χ2v) is 25.6. The van der Waals surface area contributed by atoms with Crippen LogP contribution >= 0.6 is 86.4 Å². The molecule has 356 valence electrons. The van der Waals surface area contributed by atoms with Crippen LogP contribution in [0, 0.1) is 32.6 Å². The second-order valence-electron chi connectivity index (χ2n) is 18.8. The van der Waals surface area contributed by atoms with Gasteiger partial charge in [-0.15, -0.1) is 22.7 Å². The van der Waals surface area contributed by atoms with Gasteiger partial charge in [0.2, 0.25) is 0 Å². The van der Waals surface area contributed by atoms with E-state index < -0.39 is 5.41 Å². The van der Waals surface area contributed by atoms with E-state index in [1.165, 1.54) is 93.2 Å². The van der Waals surface area contributed by atoms with Gasteiger partial charge in [-0.3, -0.25) is 0 Å². The Balaban J connectivity index is 0.000000181. The van der Waals surface area contributed by atoms with Crippen LogP contribution in [0.2, 0.25) is 0 Å². The summed E-state index contributed by atoms with van der Waals surface area (Å²) in [4.78, 5) is 2.48. The molecule has 0 aliphatic heterocycles. The lowest BCUT2D eigenvalue weighted by molar-refractivity contribution is 0.217. The molecular weight excluding hydrogens is 1160 g/mol. The zero-order valence-corrected chi connectivity index (χ0v) is 48.5. The van der Waals surface area contributed by atoms with E-state index in [1.807, 2.05) is 0 Å². The maximum atomic E-state index is 6.59. The summed E-state index contributed by atoms with van der Waals surface area (Å²) >= 11 is 18.2. The maximum Gasteiger partial charge on any atom is 0.161 e. The SMILES string of the molecule is CCC(C)COc1cc2c(cc1OCC(C)CC)C1(c3cc(C)ccc3-2)c2cc(Br)ccc2-c2ccc(Br)cc21.Cc1ccc(C)c(-c2cc(/C=C/c3ccc(Br)s3)ccc2/C=C/c2ccc(Br)s2)c1. The highest BCUT2D eigenvalue weighted by molar-refractivity contribution is 9.11. The first-order valence-corrected chi connectivity index (χ1v) is 28.8. The molecule has 0 amide bonds. The first-order valence-electron chi connectivity index (χ1n) is 24.0. The van der Waals surface area contributed by atoms with Gasteiger partial charge in [0.15, 0.2) is 11.5 Å². The summed E-state index contributed by atoms with van der Waals surface area (Å²) in [6, 6.07) is 46.7. The predicted molar refractivity (Wildman–Crippen MR) is 316 cm³/mol. The van der Waals surface area contributed by atoms with Crippen molar-refractivity contribution in [3.63, 3.8) is 0 Å². The molecule has 10 rings (SSSR count). The van der Waals surface area contributed by atoms with Crippen LogP contribution in [0.4, 0.5) is 0 Å². The largest absolute Gasteiger partial charge is 0.489 e. The third-order valence-electron chi connectivity index (χ3n) is 13.7. The number of aryl methyl sites for hydroxylation is 3. The van der Waals surface area contributed by atoms with Crippen molar-refractivity contribution >= 4 is 111 Å². The molecular formula is C62H56Br4O2S2. The van der Waals surface area contributed by atoms with Crippen LogP contribution in [0.25, 0.3) is 57.7 Å². The van der Waals surface area contributed by atoms with Crippen molar-refractivity contribution in [3.8, 4) is 44.9 Å². The molecule has 2 aliphatic rings. The van der Waals surface area contributed by atoms with Gasteiger partial charge in [-0.2, -0.15) is 0 Å². The van der Waals surface area contributed by atoms with Crippen LogP contribution in [0.1, 0.15) is 100 Å². The van der Waals surface area contributed by atoms with Crippen molar-refractivity contribution < 1.29 is 9.47 Å². The predicted octanol–water partition coefficient (Wildman–Crippen LogP) is 20.7. The number of thiophene rings is 2. The summed E-state index contributed by atoms with van der Waals surface area (Å²) in [6.07, 6.45) is 10.9. The highest BCUT2D eigenvalue weighted by atomic mass is 79.9. The fraction of sp³-hybridized carbons (Fsp3) is 0.226. The maximum absolute atomic E-state index is 6.59. The van der Waals surface area contributed by atoms with Crippen LogP contribution < -0.4 is 9.47 Å². The molecule has 2 nitrogen and oxygen atoms in total. The molecule has 8 heteroatoms. The zero-order chi connectivity index (χ0) is 49.3. The molecule has 2 atom stereocenters. The van der Waals surface area contributed by atoms with E-state index >= 15 is 0 Å². The summed E-state index contributed by atoms with van der Waals surface area (Å²) in [6.45, 7) is 16.8. The molecule has 2 unspecified atom stereocenters. The molecule has 2 heterocycles. The van der Waals surface area contributed by atoms with Gasteiger partial charge < -0.3 is 9.47 Å². The molecule has 0 saturated heterocycles. The lowest BCUT2D eigenvalue weighted by atomic mass is 9.70. The van der Waals surface area contributed by atoms with Gasteiger partial charge in [-0.05, 0) is 216 Å². The van der Waals surface area contributed by atoms with E-state index in [0.29, 0.717) is 25.0 Å². The average Bonchev–Trinajstić information content (AvgIpc) is 4.11. The third kappa shape index (κ3) is 10.5.